The number of ether oxygens (including phenoxy) is 1. The average molecular weight is 326 g/mol. The van der Waals surface area contributed by atoms with E-state index in [4.69, 9.17) is 16.3 Å². The van der Waals surface area contributed by atoms with Gasteiger partial charge in [-0.05, 0) is 48.9 Å². The Kier molecular flexibility index (Phi) is 4.88. The zero-order valence-electron chi connectivity index (χ0n) is 11.7. The third-order valence-electron chi connectivity index (χ3n) is 3.05. The van der Waals surface area contributed by atoms with Gasteiger partial charge in [-0.15, -0.1) is 0 Å². The quantitative estimate of drug-likeness (QED) is 0.916. The highest BCUT2D eigenvalue weighted by molar-refractivity contribution is 7.89. The third kappa shape index (κ3) is 3.97. The van der Waals surface area contributed by atoms with E-state index in [1.165, 1.54) is 19.2 Å². The molecule has 21 heavy (non-hydrogen) atoms. The number of benzene rings is 2. The van der Waals surface area contributed by atoms with Crippen LogP contribution in [0.3, 0.4) is 0 Å². The van der Waals surface area contributed by atoms with Gasteiger partial charge < -0.3 is 4.74 Å². The van der Waals surface area contributed by atoms with E-state index in [-0.39, 0.29) is 10.9 Å². The van der Waals surface area contributed by atoms with Crippen molar-refractivity contribution in [2.75, 3.05) is 7.11 Å². The fourth-order valence-electron chi connectivity index (χ4n) is 1.90. The summed E-state index contributed by atoms with van der Waals surface area (Å²) in [4.78, 5) is 0.192. The first-order chi connectivity index (χ1) is 9.92. The molecule has 0 fully saturated rings. The Morgan fingerprint density at radius 1 is 1.14 bits per heavy atom. The molecule has 2 aromatic rings. The molecular formula is C15H16ClNO3S. The number of halogens is 1. The zero-order valence-corrected chi connectivity index (χ0v) is 13.3. The van der Waals surface area contributed by atoms with Gasteiger partial charge in [-0.2, -0.15) is 0 Å². The topological polar surface area (TPSA) is 55.4 Å². The maximum atomic E-state index is 12.3. The Morgan fingerprint density at radius 3 is 2.38 bits per heavy atom. The van der Waals surface area contributed by atoms with Crippen LogP contribution in [0.25, 0.3) is 0 Å². The van der Waals surface area contributed by atoms with Gasteiger partial charge in [-0.1, -0.05) is 23.7 Å². The van der Waals surface area contributed by atoms with E-state index in [1.54, 1.807) is 37.3 Å². The highest BCUT2D eigenvalue weighted by atomic mass is 35.5. The van der Waals surface area contributed by atoms with Crippen molar-refractivity contribution in [2.24, 2.45) is 0 Å². The second-order valence-electron chi connectivity index (χ2n) is 4.57. The highest BCUT2D eigenvalue weighted by Gasteiger charge is 2.18. The van der Waals surface area contributed by atoms with Crippen LogP contribution in [0.2, 0.25) is 5.02 Å². The van der Waals surface area contributed by atoms with Gasteiger partial charge in [0.05, 0.1) is 12.0 Å². The van der Waals surface area contributed by atoms with Crippen LogP contribution >= 0.6 is 11.6 Å². The second kappa shape index (κ2) is 6.47. The lowest BCUT2D eigenvalue weighted by atomic mass is 10.1. The molecule has 0 aliphatic heterocycles. The standard InChI is InChI=1S/C15H16ClNO3S/c1-11(12-4-3-5-13(16)10-12)17-21(18,19)15-8-6-14(20-2)7-9-15/h3-11,17H,1-2H3/t11-/m1/s1. The second-order valence-corrected chi connectivity index (χ2v) is 6.72. The van der Waals surface area contributed by atoms with Crippen molar-refractivity contribution < 1.29 is 13.2 Å². The van der Waals surface area contributed by atoms with Gasteiger partial charge >= 0.3 is 0 Å². The summed E-state index contributed by atoms with van der Waals surface area (Å²) in [7, 11) is -2.06. The third-order valence-corrected chi connectivity index (χ3v) is 4.84. The first-order valence-corrected chi connectivity index (χ1v) is 8.20. The highest BCUT2D eigenvalue weighted by Crippen LogP contribution is 2.21. The van der Waals surface area contributed by atoms with Gasteiger partial charge in [0.25, 0.3) is 0 Å². The van der Waals surface area contributed by atoms with Crippen molar-refractivity contribution in [3.8, 4) is 5.75 Å². The summed E-state index contributed by atoms with van der Waals surface area (Å²) in [6, 6.07) is 13.0. The van der Waals surface area contributed by atoms with E-state index < -0.39 is 10.0 Å². The summed E-state index contributed by atoms with van der Waals surface area (Å²) >= 11 is 5.92. The smallest absolute Gasteiger partial charge is 0.241 e. The summed E-state index contributed by atoms with van der Waals surface area (Å²) in [5.74, 6) is 0.608. The van der Waals surface area contributed by atoms with Gasteiger partial charge in [0, 0.05) is 11.1 Å². The molecule has 0 aliphatic carbocycles. The molecule has 0 aromatic heterocycles. The molecule has 112 valence electrons. The van der Waals surface area contributed by atoms with Gasteiger partial charge in [0.15, 0.2) is 0 Å². The predicted molar refractivity (Wildman–Crippen MR) is 83.2 cm³/mol. The maximum Gasteiger partial charge on any atom is 0.241 e. The fourth-order valence-corrected chi connectivity index (χ4v) is 3.33. The van der Waals surface area contributed by atoms with Gasteiger partial charge in [-0.25, -0.2) is 13.1 Å². The molecule has 0 aliphatic rings. The Morgan fingerprint density at radius 2 is 1.81 bits per heavy atom. The Labute approximate surface area is 129 Å². The SMILES string of the molecule is COc1ccc(S(=O)(=O)N[C@H](C)c2cccc(Cl)c2)cc1. The molecule has 2 aromatic carbocycles. The number of methoxy groups -OCH3 is 1. The zero-order chi connectivity index (χ0) is 15.5. The van der Waals surface area contributed by atoms with Crippen molar-refractivity contribution in [3.05, 3.63) is 59.1 Å². The average Bonchev–Trinajstić information content (AvgIpc) is 2.47. The molecule has 0 bridgehead atoms. The van der Waals surface area contributed by atoms with E-state index in [2.05, 4.69) is 4.72 Å². The van der Waals surface area contributed by atoms with Crippen LogP contribution in [0.5, 0.6) is 5.75 Å². The van der Waals surface area contributed by atoms with Crippen LogP contribution in [0.4, 0.5) is 0 Å². The summed E-state index contributed by atoms with van der Waals surface area (Å²) in [5.41, 5.74) is 0.805. The molecular weight excluding hydrogens is 310 g/mol. The number of hydrogen-bond acceptors (Lipinski definition) is 3. The van der Waals surface area contributed by atoms with E-state index >= 15 is 0 Å². The molecule has 0 unspecified atom stereocenters. The minimum absolute atomic E-state index is 0.192. The van der Waals surface area contributed by atoms with Crippen LogP contribution in [-0.2, 0) is 10.0 Å². The van der Waals surface area contributed by atoms with Crippen molar-refractivity contribution in [2.45, 2.75) is 17.9 Å². The van der Waals surface area contributed by atoms with Crippen LogP contribution < -0.4 is 9.46 Å². The van der Waals surface area contributed by atoms with Crippen molar-refractivity contribution in [1.82, 2.24) is 4.72 Å². The van der Waals surface area contributed by atoms with Crippen LogP contribution in [-0.4, -0.2) is 15.5 Å². The Bertz CT molecular complexity index is 714. The number of rotatable bonds is 5. The van der Waals surface area contributed by atoms with Crippen molar-refractivity contribution in [1.29, 1.82) is 0 Å². The molecule has 0 spiro atoms. The van der Waals surface area contributed by atoms with Crippen LogP contribution in [0.15, 0.2) is 53.4 Å². The van der Waals surface area contributed by atoms with Crippen LogP contribution in [0.1, 0.15) is 18.5 Å². The summed E-state index contributed by atoms with van der Waals surface area (Å²) < 4.78 is 32.3. The number of sulfonamides is 1. The Balaban J connectivity index is 2.20. The Hall–Kier alpha value is -1.56. The number of nitrogens with one attached hydrogen (secondary N) is 1. The number of hydrogen-bond donors (Lipinski definition) is 1. The molecule has 0 radical (unpaired) electrons. The predicted octanol–water partition coefficient (Wildman–Crippen LogP) is 3.39. The molecule has 0 saturated carbocycles. The van der Waals surface area contributed by atoms with Gasteiger partial charge in [0.1, 0.15) is 5.75 Å². The molecule has 0 saturated heterocycles. The van der Waals surface area contributed by atoms with Crippen LogP contribution in [0, 0.1) is 0 Å². The summed E-state index contributed by atoms with van der Waals surface area (Å²) in [5, 5.41) is 0.572. The molecule has 1 N–H and O–H groups in total. The van der Waals surface area contributed by atoms with Crippen molar-refractivity contribution >= 4 is 21.6 Å². The molecule has 6 heteroatoms. The minimum Gasteiger partial charge on any atom is -0.497 e. The largest absolute Gasteiger partial charge is 0.497 e. The first-order valence-electron chi connectivity index (χ1n) is 6.34. The summed E-state index contributed by atoms with van der Waals surface area (Å²) in [6.45, 7) is 1.77. The van der Waals surface area contributed by atoms with E-state index in [9.17, 15) is 8.42 Å². The molecule has 2 rings (SSSR count). The fraction of sp³-hybridized carbons (Fsp3) is 0.200. The van der Waals surface area contributed by atoms with E-state index in [1.807, 2.05) is 6.07 Å². The van der Waals surface area contributed by atoms with Gasteiger partial charge in [0.2, 0.25) is 10.0 Å². The molecule has 0 amide bonds. The maximum absolute atomic E-state index is 12.3. The normalized spacial score (nSPS) is 12.9. The molecule has 4 nitrogen and oxygen atoms in total. The minimum atomic E-state index is -3.59. The van der Waals surface area contributed by atoms with Crippen molar-refractivity contribution in [3.63, 3.8) is 0 Å². The van der Waals surface area contributed by atoms with Gasteiger partial charge in [-0.3, -0.25) is 0 Å². The lowest BCUT2D eigenvalue weighted by Gasteiger charge is -2.15. The first kappa shape index (κ1) is 15.8. The lowest BCUT2D eigenvalue weighted by molar-refractivity contribution is 0.414. The van der Waals surface area contributed by atoms with E-state index in [0.29, 0.717) is 10.8 Å². The molecule has 1 atom stereocenters. The monoisotopic (exact) mass is 325 g/mol. The summed E-state index contributed by atoms with van der Waals surface area (Å²) in [6.07, 6.45) is 0. The lowest BCUT2D eigenvalue weighted by Crippen LogP contribution is -2.26. The molecule has 0 heterocycles. The van der Waals surface area contributed by atoms with E-state index in [0.717, 1.165) is 5.56 Å².